The molecule has 0 saturated carbocycles. The van der Waals surface area contributed by atoms with Crippen molar-refractivity contribution in [3.63, 3.8) is 0 Å². The Morgan fingerprint density at radius 2 is 2.07 bits per heavy atom. The predicted octanol–water partition coefficient (Wildman–Crippen LogP) is 1.04. The van der Waals surface area contributed by atoms with Gasteiger partial charge >= 0.3 is 0 Å². The van der Waals surface area contributed by atoms with E-state index in [1.165, 1.54) is 0 Å². The smallest absolute Gasteiger partial charge is 0.119 e. The molecule has 14 heavy (non-hydrogen) atoms. The summed E-state index contributed by atoms with van der Waals surface area (Å²) in [4.78, 5) is 0. The van der Waals surface area contributed by atoms with Crippen molar-refractivity contribution in [2.24, 2.45) is 0 Å². The molecule has 1 aromatic rings. The van der Waals surface area contributed by atoms with E-state index in [0.29, 0.717) is 6.61 Å². The van der Waals surface area contributed by atoms with Gasteiger partial charge in [0.1, 0.15) is 12.4 Å². The Labute approximate surface area is 84.7 Å². The quantitative estimate of drug-likeness (QED) is 0.712. The number of aliphatic hydroxyl groups excluding tert-OH is 1. The molecule has 1 unspecified atom stereocenters. The van der Waals surface area contributed by atoms with Crippen LogP contribution < -0.4 is 10.1 Å². The van der Waals surface area contributed by atoms with Crippen LogP contribution >= 0.6 is 0 Å². The summed E-state index contributed by atoms with van der Waals surface area (Å²) in [6.45, 7) is 3.43. The number of hydrogen-bond donors (Lipinski definition) is 2. The summed E-state index contributed by atoms with van der Waals surface area (Å²) < 4.78 is 5.49. The molecule has 0 spiro atoms. The first-order valence-electron chi connectivity index (χ1n) is 4.89. The highest BCUT2D eigenvalue weighted by molar-refractivity contribution is 5.20. The molecule has 3 nitrogen and oxygen atoms in total. The molecule has 3 heteroatoms. The SMILES string of the molecule is CCNC(CO)COc1ccccc1. The first-order valence-corrected chi connectivity index (χ1v) is 4.89. The lowest BCUT2D eigenvalue weighted by Crippen LogP contribution is -2.37. The Balaban J connectivity index is 2.32. The first kappa shape index (κ1) is 11.0. The van der Waals surface area contributed by atoms with Crippen molar-refractivity contribution in [2.45, 2.75) is 13.0 Å². The molecule has 0 bridgehead atoms. The Morgan fingerprint density at radius 3 is 2.64 bits per heavy atom. The lowest BCUT2D eigenvalue weighted by atomic mass is 10.3. The maximum atomic E-state index is 8.99. The average Bonchev–Trinajstić information content (AvgIpc) is 2.25. The van der Waals surface area contributed by atoms with Gasteiger partial charge in [-0.25, -0.2) is 0 Å². The molecule has 1 atom stereocenters. The van der Waals surface area contributed by atoms with Crippen LogP contribution in [0.1, 0.15) is 6.92 Å². The van der Waals surface area contributed by atoms with Gasteiger partial charge in [-0.15, -0.1) is 0 Å². The summed E-state index contributed by atoms with van der Waals surface area (Å²) >= 11 is 0. The fourth-order valence-electron chi connectivity index (χ4n) is 1.18. The van der Waals surface area contributed by atoms with Crippen molar-refractivity contribution in [1.82, 2.24) is 5.32 Å². The van der Waals surface area contributed by atoms with E-state index in [1.807, 2.05) is 37.3 Å². The fourth-order valence-corrected chi connectivity index (χ4v) is 1.18. The van der Waals surface area contributed by atoms with E-state index in [9.17, 15) is 0 Å². The maximum absolute atomic E-state index is 8.99. The minimum Gasteiger partial charge on any atom is -0.492 e. The van der Waals surface area contributed by atoms with Crippen molar-refractivity contribution in [3.05, 3.63) is 30.3 Å². The van der Waals surface area contributed by atoms with E-state index in [1.54, 1.807) is 0 Å². The van der Waals surface area contributed by atoms with Crippen molar-refractivity contribution >= 4 is 0 Å². The van der Waals surface area contributed by atoms with Crippen LogP contribution in [-0.2, 0) is 0 Å². The third-order valence-electron chi connectivity index (χ3n) is 1.91. The molecule has 2 N–H and O–H groups in total. The molecular weight excluding hydrogens is 178 g/mol. The van der Waals surface area contributed by atoms with Gasteiger partial charge in [-0.1, -0.05) is 25.1 Å². The topological polar surface area (TPSA) is 41.5 Å². The van der Waals surface area contributed by atoms with E-state index in [0.717, 1.165) is 12.3 Å². The van der Waals surface area contributed by atoms with Crippen LogP contribution in [0.5, 0.6) is 5.75 Å². The van der Waals surface area contributed by atoms with Crippen LogP contribution in [0.2, 0.25) is 0 Å². The minimum atomic E-state index is 0.0141. The van der Waals surface area contributed by atoms with Crippen molar-refractivity contribution < 1.29 is 9.84 Å². The second-order valence-electron chi connectivity index (χ2n) is 3.06. The first-order chi connectivity index (χ1) is 6.86. The van der Waals surface area contributed by atoms with Crippen LogP contribution in [0.3, 0.4) is 0 Å². The molecule has 0 amide bonds. The van der Waals surface area contributed by atoms with Crippen LogP contribution in [-0.4, -0.2) is 30.9 Å². The molecule has 0 aliphatic carbocycles. The largest absolute Gasteiger partial charge is 0.492 e. The standard InChI is InChI=1S/C11H17NO2/c1-2-12-10(8-13)9-14-11-6-4-3-5-7-11/h3-7,10,12-13H,2,8-9H2,1H3. The molecule has 0 saturated heterocycles. The molecule has 0 aliphatic heterocycles. The van der Waals surface area contributed by atoms with Gasteiger partial charge in [0.2, 0.25) is 0 Å². The van der Waals surface area contributed by atoms with Gasteiger partial charge in [0.15, 0.2) is 0 Å². The summed E-state index contributed by atoms with van der Waals surface area (Å²) in [5.41, 5.74) is 0. The third-order valence-corrected chi connectivity index (χ3v) is 1.91. The zero-order valence-electron chi connectivity index (χ0n) is 8.44. The van der Waals surface area contributed by atoms with E-state index in [4.69, 9.17) is 9.84 Å². The van der Waals surface area contributed by atoms with Gasteiger partial charge in [-0.2, -0.15) is 0 Å². The Morgan fingerprint density at radius 1 is 1.36 bits per heavy atom. The average molecular weight is 195 g/mol. The summed E-state index contributed by atoms with van der Waals surface area (Å²) in [5.74, 6) is 0.837. The molecular formula is C11H17NO2. The number of ether oxygens (including phenoxy) is 1. The van der Waals surface area contributed by atoms with Crippen LogP contribution in [0.15, 0.2) is 30.3 Å². The molecule has 1 aromatic carbocycles. The maximum Gasteiger partial charge on any atom is 0.119 e. The van der Waals surface area contributed by atoms with Crippen molar-refractivity contribution in [2.75, 3.05) is 19.8 Å². The molecule has 0 heterocycles. The minimum absolute atomic E-state index is 0.0141. The number of nitrogens with one attached hydrogen (secondary N) is 1. The highest BCUT2D eigenvalue weighted by atomic mass is 16.5. The summed E-state index contributed by atoms with van der Waals surface area (Å²) in [6, 6.07) is 9.62. The van der Waals surface area contributed by atoms with Gasteiger partial charge in [0.25, 0.3) is 0 Å². The number of para-hydroxylation sites is 1. The van der Waals surface area contributed by atoms with Crippen molar-refractivity contribution in [3.8, 4) is 5.75 Å². The van der Waals surface area contributed by atoms with Crippen molar-refractivity contribution in [1.29, 1.82) is 0 Å². The number of rotatable bonds is 6. The second kappa shape index (κ2) is 6.40. The number of hydrogen-bond acceptors (Lipinski definition) is 3. The molecule has 0 aliphatic rings. The van der Waals surface area contributed by atoms with Crippen LogP contribution in [0.4, 0.5) is 0 Å². The monoisotopic (exact) mass is 195 g/mol. The molecule has 78 valence electrons. The Hall–Kier alpha value is -1.06. The summed E-state index contributed by atoms with van der Waals surface area (Å²) in [7, 11) is 0. The number of likely N-dealkylation sites (N-methyl/N-ethyl adjacent to an activating group) is 1. The fraction of sp³-hybridized carbons (Fsp3) is 0.455. The highest BCUT2D eigenvalue weighted by Gasteiger charge is 2.05. The Bertz CT molecular complexity index is 238. The third kappa shape index (κ3) is 3.77. The van der Waals surface area contributed by atoms with Gasteiger partial charge in [-0.3, -0.25) is 0 Å². The second-order valence-corrected chi connectivity index (χ2v) is 3.06. The molecule has 0 aromatic heterocycles. The molecule has 0 radical (unpaired) electrons. The highest BCUT2D eigenvalue weighted by Crippen LogP contribution is 2.08. The van der Waals surface area contributed by atoms with Crippen LogP contribution in [0, 0.1) is 0 Å². The normalized spacial score (nSPS) is 12.4. The zero-order chi connectivity index (χ0) is 10.2. The van der Waals surface area contributed by atoms with E-state index in [2.05, 4.69) is 5.32 Å². The van der Waals surface area contributed by atoms with Gasteiger partial charge in [-0.05, 0) is 18.7 Å². The van der Waals surface area contributed by atoms with E-state index < -0.39 is 0 Å². The lowest BCUT2D eigenvalue weighted by molar-refractivity contribution is 0.184. The zero-order valence-corrected chi connectivity index (χ0v) is 8.44. The van der Waals surface area contributed by atoms with Gasteiger partial charge in [0.05, 0.1) is 12.6 Å². The summed E-state index contributed by atoms with van der Waals surface area (Å²) in [5, 5.41) is 12.1. The number of benzene rings is 1. The predicted molar refractivity (Wildman–Crippen MR) is 56.5 cm³/mol. The van der Waals surface area contributed by atoms with E-state index >= 15 is 0 Å². The summed E-state index contributed by atoms with van der Waals surface area (Å²) in [6.07, 6.45) is 0. The molecule has 0 fully saturated rings. The Kier molecular flexibility index (Phi) is 5.04. The van der Waals surface area contributed by atoms with Gasteiger partial charge < -0.3 is 15.2 Å². The number of aliphatic hydroxyl groups is 1. The van der Waals surface area contributed by atoms with E-state index in [-0.39, 0.29) is 12.6 Å². The van der Waals surface area contributed by atoms with Gasteiger partial charge in [0, 0.05) is 0 Å². The van der Waals surface area contributed by atoms with Crippen LogP contribution in [0.25, 0.3) is 0 Å². The molecule has 1 rings (SSSR count). The lowest BCUT2D eigenvalue weighted by Gasteiger charge is -2.15.